The molecule has 0 bridgehead atoms. The predicted octanol–water partition coefficient (Wildman–Crippen LogP) is 2.85. The Balaban J connectivity index is 1.89. The van der Waals surface area contributed by atoms with E-state index in [0.29, 0.717) is 12.1 Å². The zero-order chi connectivity index (χ0) is 13.3. The van der Waals surface area contributed by atoms with Gasteiger partial charge in [-0.2, -0.15) is 0 Å². The van der Waals surface area contributed by atoms with Crippen LogP contribution in [0.1, 0.15) is 39.2 Å². The molecule has 0 amide bonds. The van der Waals surface area contributed by atoms with Gasteiger partial charge in [0.05, 0.1) is 0 Å². The number of nitrogens with zero attached hydrogens (tertiary/aromatic N) is 2. The standard InChI is InChI=1S/C15H24N2O/c1-15(2,3)11-6-7-14(16-10-11)18-13-8-12(9-13)17(4)5/h6-7,10,12-13H,8-9H2,1-5H3. The number of ether oxygens (including phenoxy) is 1. The quantitative estimate of drug-likeness (QED) is 0.822. The van der Waals surface area contributed by atoms with Gasteiger partial charge in [-0.25, -0.2) is 4.98 Å². The Morgan fingerprint density at radius 2 is 1.89 bits per heavy atom. The Labute approximate surface area is 110 Å². The Bertz CT molecular complexity index is 386. The van der Waals surface area contributed by atoms with Crippen LogP contribution in [-0.4, -0.2) is 36.1 Å². The van der Waals surface area contributed by atoms with Crippen molar-refractivity contribution in [1.29, 1.82) is 0 Å². The van der Waals surface area contributed by atoms with Gasteiger partial charge in [-0.15, -0.1) is 0 Å². The van der Waals surface area contributed by atoms with Crippen LogP contribution in [0.2, 0.25) is 0 Å². The lowest BCUT2D eigenvalue weighted by Gasteiger charge is -2.39. The maximum atomic E-state index is 5.86. The SMILES string of the molecule is CN(C)C1CC(Oc2ccc(C(C)(C)C)cn2)C1. The zero-order valence-electron chi connectivity index (χ0n) is 12.1. The number of rotatable bonds is 3. The van der Waals surface area contributed by atoms with Crippen LogP contribution < -0.4 is 4.74 Å². The molecule has 1 aliphatic rings. The predicted molar refractivity (Wildman–Crippen MR) is 74.1 cm³/mol. The molecule has 0 aromatic carbocycles. The van der Waals surface area contributed by atoms with Crippen molar-refractivity contribution in [3.63, 3.8) is 0 Å². The van der Waals surface area contributed by atoms with Gasteiger partial charge in [0.15, 0.2) is 0 Å². The highest BCUT2D eigenvalue weighted by molar-refractivity contribution is 5.23. The van der Waals surface area contributed by atoms with Crippen molar-refractivity contribution in [3.8, 4) is 5.88 Å². The van der Waals surface area contributed by atoms with Crippen LogP contribution in [0.4, 0.5) is 0 Å². The number of hydrogen-bond donors (Lipinski definition) is 0. The van der Waals surface area contributed by atoms with Gasteiger partial charge < -0.3 is 9.64 Å². The van der Waals surface area contributed by atoms with E-state index in [9.17, 15) is 0 Å². The average Bonchev–Trinajstić information content (AvgIpc) is 2.21. The van der Waals surface area contributed by atoms with Crippen molar-refractivity contribution < 1.29 is 4.74 Å². The molecule has 3 heteroatoms. The van der Waals surface area contributed by atoms with Crippen LogP contribution in [0.25, 0.3) is 0 Å². The van der Waals surface area contributed by atoms with Crippen molar-refractivity contribution in [2.45, 2.75) is 51.2 Å². The maximum Gasteiger partial charge on any atom is 0.213 e. The maximum absolute atomic E-state index is 5.86. The number of pyridine rings is 1. The van der Waals surface area contributed by atoms with Gasteiger partial charge in [-0.1, -0.05) is 26.8 Å². The highest BCUT2D eigenvalue weighted by atomic mass is 16.5. The topological polar surface area (TPSA) is 25.4 Å². The highest BCUT2D eigenvalue weighted by Crippen LogP contribution is 2.28. The molecule has 0 N–H and O–H groups in total. The summed E-state index contributed by atoms with van der Waals surface area (Å²) in [6, 6.07) is 4.78. The monoisotopic (exact) mass is 248 g/mol. The van der Waals surface area contributed by atoms with Crippen molar-refractivity contribution in [1.82, 2.24) is 9.88 Å². The fourth-order valence-corrected chi connectivity index (χ4v) is 2.12. The summed E-state index contributed by atoms with van der Waals surface area (Å²) in [6.45, 7) is 6.58. The summed E-state index contributed by atoms with van der Waals surface area (Å²) in [6.07, 6.45) is 4.48. The normalized spacial score (nSPS) is 23.9. The van der Waals surface area contributed by atoms with E-state index in [1.807, 2.05) is 12.3 Å². The molecule has 2 rings (SSSR count). The third-order valence-corrected chi connectivity index (χ3v) is 3.69. The van der Waals surface area contributed by atoms with E-state index < -0.39 is 0 Å². The van der Waals surface area contributed by atoms with E-state index in [4.69, 9.17) is 4.74 Å². The summed E-state index contributed by atoms with van der Waals surface area (Å²) in [5.41, 5.74) is 1.40. The first kappa shape index (κ1) is 13.3. The van der Waals surface area contributed by atoms with Crippen molar-refractivity contribution in [2.24, 2.45) is 0 Å². The summed E-state index contributed by atoms with van der Waals surface area (Å²) in [7, 11) is 4.24. The third kappa shape index (κ3) is 3.02. The summed E-state index contributed by atoms with van der Waals surface area (Å²) in [4.78, 5) is 6.66. The fraction of sp³-hybridized carbons (Fsp3) is 0.667. The smallest absolute Gasteiger partial charge is 0.213 e. The van der Waals surface area contributed by atoms with E-state index in [-0.39, 0.29) is 5.41 Å². The number of aromatic nitrogens is 1. The first-order valence-electron chi connectivity index (χ1n) is 6.66. The van der Waals surface area contributed by atoms with Gasteiger partial charge in [-0.05, 0) is 25.1 Å². The minimum Gasteiger partial charge on any atom is -0.474 e. The van der Waals surface area contributed by atoms with E-state index in [0.717, 1.165) is 18.7 Å². The molecule has 0 saturated heterocycles. The van der Waals surface area contributed by atoms with E-state index in [2.05, 4.69) is 50.8 Å². The first-order valence-corrected chi connectivity index (χ1v) is 6.66. The molecule has 1 heterocycles. The largest absolute Gasteiger partial charge is 0.474 e. The van der Waals surface area contributed by atoms with Crippen molar-refractivity contribution in [2.75, 3.05) is 14.1 Å². The van der Waals surface area contributed by atoms with Crippen molar-refractivity contribution in [3.05, 3.63) is 23.9 Å². The Morgan fingerprint density at radius 1 is 1.22 bits per heavy atom. The van der Waals surface area contributed by atoms with Crippen LogP contribution in [0.15, 0.2) is 18.3 Å². The molecule has 1 saturated carbocycles. The van der Waals surface area contributed by atoms with Crippen LogP contribution in [0.5, 0.6) is 5.88 Å². The van der Waals surface area contributed by atoms with Gasteiger partial charge >= 0.3 is 0 Å². The lowest BCUT2D eigenvalue weighted by molar-refractivity contribution is 0.0369. The molecule has 18 heavy (non-hydrogen) atoms. The summed E-state index contributed by atoms with van der Waals surface area (Å²) in [5, 5.41) is 0. The van der Waals surface area contributed by atoms with Gasteiger partial charge in [0.1, 0.15) is 6.10 Å². The van der Waals surface area contributed by atoms with E-state index in [1.54, 1.807) is 0 Å². The third-order valence-electron chi connectivity index (χ3n) is 3.69. The number of hydrogen-bond acceptors (Lipinski definition) is 3. The average molecular weight is 248 g/mol. The molecule has 0 radical (unpaired) electrons. The molecule has 0 aliphatic heterocycles. The molecule has 0 atom stereocenters. The highest BCUT2D eigenvalue weighted by Gasteiger charge is 2.32. The van der Waals surface area contributed by atoms with Gasteiger partial charge in [-0.3, -0.25) is 0 Å². The summed E-state index contributed by atoms with van der Waals surface area (Å²) >= 11 is 0. The molecular weight excluding hydrogens is 224 g/mol. The molecule has 1 fully saturated rings. The van der Waals surface area contributed by atoms with Crippen LogP contribution in [-0.2, 0) is 5.41 Å². The van der Waals surface area contributed by atoms with Crippen molar-refractivity contribution >= 4 is 0 Å². The molecule has 1 aromatic heterocycles. The lowest BCUT2D eigenvalue weighted by atomic mass is 9.88. The zero-order valence-corrected chi connectivity index (χ0v) is 12.1. The Kier molecular flexibility index (Phi) is 3.62. The Hall–Kier alpha value is -1.09. The van der Waals surface area contributed by atoms with Crippen LogP contribution >= 0.6 is 0 Å². The van der Waals surface area contributed by atoms with Gasteiger partial charge in [0.25, 0.3) is 0 Å². The Morgan fingerprint density at radius 3 is 2.33 bits per heavy atom. The lowest BCUT2D eigenvalue weighted by Crippen LogP contribution is -2.46. The minimum absolute atomic E-state index is 0.151. The molecule has 0 unspecified atom stereocenters. The molecule has 1 aliphatic carbocycles. The fourth-order valence-electron chi connectivity index (χ4n) is 2.12. The summed E-state index contributed by atoms with van der Waals surface area (Å²) < 4.78 is 5.86. The molecule has 100 valence electrons. The second-order valence-corrected chi connectivity index (χ2v) is 6.46. The van der Waals surface area contributed by atoms with E-state index >= 15 is 0 Å². The van der Waals surface area contributed by atoms with Gasteiger partial charge in [0, 0.05) is 31.1 Å². The molecule has 1 aromatic rings. The minimum atomic E-state index is 0.151. The second kappa shape index (κ2) is 4.88. The molecular formula is C15H24N2O. The molecule has 0 spiro atoms. The van der Waals surface area contributed by atoms with Gasteiger partial charge in [0.2, 0.25) is 5.88 Å². The second-order valence-electron chi connectivity index (χ2n) is 6.46. The molecule has 3 nitrogen and oxygen atoms in total. The first-order chi connectivity index (χ1) is 8.36. The summed E-state index contributed by atoms with van der Waals surface area (Å²) in [5.74, 6) is 0.755. The van der Waals surface area contributed by atoms with Crippen LogP contribution in [0.3, 0.4) is 0 Å². The van der Waals surface area contributed by atoms with E-state index in [1.165, 1.54) is 5.56 Å². The van der Waals surface area contributed by atoms with Crippen LogP contribution in [0, 0.1) is 0 Å².